The van der Waals surface area contributed by atoms with Crippen molar-refractivity contribution >= 4 is 130 Å². The molecular formula is C96H115BrN12O15S2. The van der Waals surface area contributed by atoms with E-state index in [2.05, 4.69) is 176 Å². The fraction of sp³-hybridized carbons (Fsp3) is 0.385. The summed E-state index contributed by atoms with van der Waals surface area (Å²) >= 11 is 0. The molecule has 27 nitrogen and oxygen atoms in total. The molecular weight excluding hydrogens is 1710 g/mol. The summed E-state index contributed by atoms with van der Waals surface area (Å²) in [6, 6.07) is 34.8. The lowest BCUT2D eigenvalue weighted by Gasteiger charge is -2.29. The summed E-state index contributed by atoms with van der Waals surface area (Å²) in [4.78, 5) is 148. The standard InChI is InChI=1S/C96H114N12O15S2.BrH/c1-59(109)85-93(121)104-76(92(120)106-86(60(2)110)94(122)123)58-125-124-57-75(91(119)101-73(54-62-42-46-66(111)47-43-62)89(117)102-74(55-65-56-98-70-36-24-23-33-67(65)70)90(118)100-71(87(115)105-85)37-25-26-50-97)103-88(116)72(53-61-29-13-10-14-30-61)99-81(112)40-17-11-27-51-107-77-48-44-63-31-19-21-34-68(63)83(77)95(3,4)79(107)38-15-8-7-9-16-39-80-96(5,6)84-69-35-22-20-32-64(69)45-49-78(84)108(80)52-28-12-18-41-82(113)114;/h7-10,13-16,19-24,29-36,38-39,42-49,56,59-60,71-76,85-86,98,109-110H,11-12,17-18,25-28,37,40-41,50-55,57-58,97H2,1-6H3,(H10-,99,100,101,102,103,104,105,106,111,112,113,114,115,116,117,118,119,120,121,122,123);1H/t59-,60-,71+,72-,73+,74-,75+,76+,85-,86+;/m1./s1. The number of aromatic nitrogens is 1. The second-order valence-electron chi connectivity index (χ2n) is 33.2. The number of para-hydroxylation sites is 1. The molecule has 16 N–H and O–H groups in total. The number of fused-ring (bicyclic) bond motifs is 7. The lowest BCUT2D eigenvalue weighted by atomic mass is 9.79. The molecule has 30 heteroatoms. The van der Waals surface area contributed by atoms with Gasteiger partial charge in [-0.1, -0.05) is 187 Å². The number of aromatic hydroxyl groups is 1. The van der Waals surface area contributed by atoms with E-state index in [1.807, 2.05) is 42.5 Å². The number of phenolic OH excluding ortho intramolecular Hbond substituents is 1. The summed E-state index contributed by atoms with van der Waals surface area (Å²) in [6.07, 6.45) is 17.3. The van der Waals surface area contributed by atoms with Crippen molar-refractivity contribution in [1.29, 1.82) is 0 Å². The average Bonchev–Trinajstić information content (AvgIpc) is 1.57. The number of nitrogens with one attached hydrogen (secondary N) is 9. The largest absolute Gasteiger partial charge is 1.00 e. The van der Waals surface area contributed by atoms with Crippen LogP contribution in [0.3, 0.4) is 0 Å². The van der Waals surface area contributed by atoms with Gasteiger partial charge in [0.15, 0.2) is 11.8 Å². The van der Waals surface area contributed by atoms with Crippen LogP contribution < -0.4 is 70.1 Å². The zero-order valence-electron chi connectivity index (χ0n) is 71.7. The second-order valence-corrected chi connectivity index (χ2v) is 35.7. The van der Waals surface area contributed by atoms with Gasteiger partial charge in [-0.25, -0.2) is 4.79 Å². The minimum absolute atomic E-state index is 0. The SMILES string of the molecule is C[C@@H](O)[C@H](NC(=O)[C@@H]1CSSC[C@H](NC(=O)[C@@H](Cc2ccccc2)NC(=O)CCCCC[N+]2=C(/C=C/C=C/C=C/C=C3/N(CCCCCC(=O)O)c4ccc5ccccc5c4C3(C)C)C(C)(C)c3c2ccc2ccccc32)C(=O)N[C@@H](Cc2ccc(O)cc2)C(=O)N[C@H](Cc2c[nH]c3ccccc23)C(=O)N[C@@H](CCCCN)C(=O)N[C@H]([C@@H](C)O)C(=O)N1)C(=O)O.[Br-]. The molecule has 1 fully saturated rings. The topological polar surface area (TPSA) is 416 Å². The minimum Gasteiger partial charge on any atom is -1.00 e. The number of hydrogen-bond donors (Lipinski definition) is 15. The number of allylic oxidation sites excluding steroid dienone is 8. The number of carbonyl (C=O) groups is 10. The van der Waals surface area contributed by atoms with Gasteiger partial charge in [-0.3, -0.25) is 43.2 Å². The van der Waals surface area contributed by atoms with Gasteiger partial charge in [-0.2, -0.15) is 4.58 Å². The number of carbonyl (C=O) groups excluding carboxylic acids is 8. The summed E-state index contributed by atoms with van der Waals surface area (Å²) < 4.78 is 2.36. The molecule has 3 aliphatic rings. The monoisotopic (exact) mass is 1820 g/mol. The molecule has 1 saturated heterocycles. The molecule has 0 unspecified atom stereocenters. The third kappa shape index (κ3) is 25.0. The van der Waals surface area contributed by atoms with Gasteiger partial charge in [0.05, 0.1) is 17.6 Å². The van der Waals surface area contributed by atoms with Crippen molar-refractivity contribution in [3.05, 3.63) is 234 Å². The number of benzene rings is 7. The van der Waals surface area contributed by atoms with Gasteiger partial charge in [-0.05, 0) is 159 Å². The molecule has 8 amide bonds. The first-order chi connectivity index (χ1) is 60.0. The number of anilines is 1. The van der Waals surface area contributed by atoms with Gasteiger partial charge in [0, 0.05) is 108 Å². The molecule has 0 bridgehead atoms. The van der Waals surface area contributed by atoms with E-state index in [-0.39, 0.29) is 85.4 Å². The van der Waals surface area contributed by atoms with E-state index in [9.17, 15) is 54.3 Å². The molecule has 0 saturated carbocycles. The Kier molecular flexibility index (Phi) is 35.1. The Morgan fingerprint density at radius 1 is 0.595 bits per heavy atom. The molecule has 3 aliphatic heterocycles. The van der Waals surface area contributed by atoms with Crippen LogP contribution in [0.4, 0.5) is 11.4 Å². The number of amides is 8. The van der Waals surface area contributed by atoms with E-state index in [4.69, 9.17) is 5.73 Å². The Labute approximate surface area is 752 Å². The normalized spacial score (nSPS) is 20.2. The highest BCUT2D eigenvalue weighted by Gasteiger charge is 2.46. The van der Waals surface area contributed by atoms with Crippen molar-refractivity contribution in [2.45, 2.75) is 203 Å². The average molecular weight is 1820 g/mol. The van der Waals surface area contributed by atoms with Crippen molar-refractivity contribution in [3.8, 4) is 5.75 Å². The summed E-state index contributed by atoms with van der Waals surface area (Å²) in [7, 11) is 1.81. The van der Waals surface area contributed by atoms with Crippen molar-refractivity contribution < 1.29 is 95.0 Å². The molecule has 7 aromatic carbocycles. The molecule has 10 atom stereocenters. The van der Waals surface area contributed by atoms with Gasteiger partial charge in [0.1, 0.15) is 54.6 Å². The lowest BCUT2D eigenvalue weighted by Crippen LogP contribution is -3.00. The summed E-state index contributed by atoms with van der Waals surface area (Å²) in [5.74, 6) is -10.3. The second kappa shape index (κ2) is 45.7. The number of phenols is 1. The number of halogens is 1. The van der Waals surface area contributed by atoms with Crippen LogP contribution in [0.15, 0.2) is 206 Å². The minimum atomic E-state index is -1.88. The third-order valence-electron chi connectivity index (χ3n) is 23.2. The van der Waals surface area contributed by atoms with Crippen molar-refractivity contribution in [1.82, 2.24) is 47.5 Å². The Bertz CT molecular complexity index is 5380. The van der Waals surface area contributed by atoms with E-state index >= 15 is 19.2 Å². The number of aliphatic hydroxyl groups is 2. The first-order valence-electron chi connectivity index (χ1n) is 42.8. The maximum atomic E-state index is 15.4. The van der Waals surface area contributed by atoms with Gasteiger partial charge >= 0.3 is 11.9 Å². The number of carboxylic acids is 2. The van der Waals surface area contributed by atoms with Crippen molar-refractivity contribution in [3.63, 3.8) is 0 Å². The predicted molar refractivity (Wildman–Crippen MR) is 489 cm³/mol. The molecule has 0 radical (unpaired) electrons. The van der Waals surface area contributed by atoms with Gasteiger partial charge in [-0.15, -0.1) is 0 Å². The third-order valence-corrected chi connectivity index (χ3v) is 25.6. The number of aromatic amines is 1. The summed E-state index contributed by atoms with van der Waals surface area (Å²) in [5, 5.41) is 78.3. The van der Waals surface area contributed by atoms with Crippen LogP contribution in [-0.4, -0.2) is 192 Å². The van der Waals surface area contributed by atoms with Gasteiger partial charge in [0.2, 0.25) is 52.9 Å². The first-order valence-corrected chi connectivity index (χ1v) is 45.2. The summed E-state index contributed by atoms with van der Waals surface area (Å²) in [5.41, 5.74) is 14.5. The number of rotatable bonds is 34. The maximum Gasteiger partial charge on any atom is 0.328 e. The van der Waals surface area contributed by atoms with Crippen LogP contribution in [0.2, 0.25) is 0 Å². The molecule has 126 heavy (non-hydrogen) atoms. The molecule has 8 aromatic rings. The highest BCUT2D eigenvalue weighted by atomic mass is 79.9. The zero-order valence-corrected chi connectivity index (χ0v) is 75.0. The van der Waals surface area contributed by atoms with Crippen LogP contribution in [0, 0.1) is 0 Å². The number of aliphatic hydroxyl groups excluding tert-OH is 2. The van der Waals surface area contributed by atoms with E-state index in [0.717, 1.165) is 75.8 Å². The lowest BCUT2D eigenvalue weighted by molar-refractivity contribution is -0.438. The van der Waals surface area contributed by atoms with Crippen LogP contribution in [0.25, 0.3) is 32.4 Å². The highest BCUT2D eigenvalue weighted by molar-refractivity contribution is 8.76. The van der Waals surface area contributed by atoms with Gasteiger partial charge in [0.25, 0.3) is 0 Å². The zero-order chi connectivity index (χ0) is 89.5. The van der Waals surface area contributed by atoms with E-state index < -0.39 is 131 Å². The molecule has 668 valence electrons. The molecule has 4 heterocycles. The van der Waals surface area contributed by atoms with Crippen molar-refractivity contribution in [2.24, 2.45) is 5.73 Å². The number of hydrogen-bond acceptors (Lipinski definition) is 17. The molecule has 1 aromatic heterocycles. The van der Waals surface area contributed by atoms with Crippen LogP contribution >= 0.6 is 21.6 Å². The van der Waals surface area contributed by atoms with E-state index in [1.54, 1.807) is 42.6 Å². The quantitative estimate of drug-likeness (QED) is 0.00828. The number of nitrogens with two attached hydrogens (primary N) is 1. The smallest absolute Gasteiger partial charge is 0.328 e. The number of H-pyrrole nitrogens is 1. The molecule has 0 aliphatic carbocycles. The van der Waals surface area contributed by atoms with Gasteiger partial charge < -0.3 is 101 Å². The Balaban J connectivity index is 0.0000166. The fourth-order valence-electron chi connectivity index (χ4n) is 16.6. The van der Waals surface area contributed by atoms with E-state index in [1.165, 1.54) is 58.8 Å². The number of nitrogens with zero attached hydrogens (tertiary/aromatic N) is 2. The number of carboxylic acid groups (broad SMARTS) is 2. The Morgan fingerprint density at radius 2 is 1.21 bits per heavy atom. The van der Waals surface area contributed by atoms with Crippen LogP contribution in [0.5, 0.6) is 5.75 Å². The number of aliphatic carboxylic acids is 2. The van der Waals surface area contributed by atoms with E-state index in [0.29, 0.717) is 66.2 Å². The molecule has 11 rings (SSSR count). The summed E-state index contributed by atoms with van der Waals surface area (Å²) in [6.45, 7) is 12.9. The van der Waals surface area contributed by atoms with Crippen LogP contribution in [0.1, 0.15) is 140 Å². The highest BCUT2D eigenvalue weighted by Crippen LogP contribution is 2.51. The fourth-order valence-corrected chi connectivity index (χ4v) is 19.0. The van der Waals surface area contributed by atoms with Crippen LogP contribution in [-0.2, 0) is 78.0 Å². The molecule has 0 spiro atoms. The Hall–Kier alpha value is -11.4. The number of unbranched alkanes of at least 4 members (excludes halogenated alkanes) is 5. The van der Waals surface area contributed by atoms with Crippen molar-refractivity contribution in [2.75, 3.05) is 36.0 Å². The Morgan fingerprint density at radius 3 is 1.90 bits per heavy atom. The maximum absolute atomic E-state index is 15.4. The predicted octanol–water partition coefficient (Wildman–Crippen LogP) is 7.09. The first kappa shape index (κ1) is 96.8.